The molecule has 0 unspecified atom stereocenters. The molecule has 6 heteroatoms. The Bertz CT molecular complexity index is 2410. The Morgan fingerprint density at radius 2 is 1.50 bits per heavy atom. The van der Waals surface area contributed by atoms with E-state index >= 15 is 0 Å². The van der Waals surface area contributed by atoms with Crippen molar-refractivity contribution >= 4 is 39.7 Å². The van der Waals surface area contributed by atoms with Crippen LogP contribution in [0.15, 0.2) is 77.5 Å². The van der Waals surface area contributed by atoms with Crippen LogP contribution >= 0.6 is 0 Å². The van der Waals surface area contributed by atoms with Crippen LogP contribution in [0.2, 0.25) is 17.3 Å². The minimum Gasteiger partial charge on any atom is 0 e. The molecular weight excluding hydrogens is 827 g/mol. The van der Waals surface area contributed by atoms with E-state index in [0.29, 0.717) is 21.9 Å². The van der Waals surface area contributed by atoms with Gasteiger partial charge in [-0.05, 0) is 48.9 Å². The van der Waals surface area contributed by atoms with Gasteiger partial charge < -0.3 is 9.40 Å². The van der Waals surface area contributed by atoms with Crippen molar-refractivity contribution in [2.24, 2.45) is 10.8 Å². The van der Waals surface area contributed by atoms with Crippen LogP contribution in [-0.4, -0.2) is 28.2 Å². The van der Waals surface area contributed by atoms with Crippen molar-refractivity contribution < 1.29 is 38.2 Å². The molecule has 6 rings (SSSR count). The Morgan fingerprint density at radius 1 is 0.792 bits per heavy atom. The van der Waals surface area contributed by atoms with Gasteiger partial charge in [0.1, 0.15) is 0 Å². The molecule has 0 amide bonds. The monoisotopic (exact) mass is 888 g/mol. The van der Waals surface area contributed by atoms with Crippen LogP contribution in [0.25, 0.3) is 44.6 Å². The largest absolute Gasteiger partial charge is 0 e. The average Bonchev–Trinajstić information content (AvgIpc) is 3.48. The van der Waals surface area contributed by atoms with E-state index < -0.39 is 50.5 Å². The van der Waals surface area contributed by atoms with Crippen molar-refractivity contribution in [1.29, 1.82) is 0 Å². The molecule has 0 fully saturated rings. The van der Waals surface area contributed by atoms with E-state index in [-0.39, 0.29) is 48.3 Å². The molecule has 0 bridgehead atoms. The van der Waals surface area contributed by atoms with Gasteiger partial charge in [-0.25, -0.2) is 4.98 Å². The summed E-state index contributed by atoms with van der Waals surface area (Å²) in [6.45, 7) is 6.06. The van der Waals surface area contributed by atoms with Gasteiger partial charge in [-0.15, -0.1) is 18.2 Å². The minimum atomic E-state index is -2.55. The molecular formula is C42H49GeIrN3O-2. The summed E-state index contributed by atoms with van der Waals surface area (Å²) in [6, 6.07) is 23.8. The Labute approximate surface area is 318 Å². The molecule has 4 nitrogen and oxygen atoms in total. The van der Waals surface area contributed by atoms with Crippen molar-refractivity contribution in [1.82, 2.24) is 15.0 Å². The number of benzene rings is 2. The molecule has 0 saturated carbocycles. The summed E-state index contributed by atoms with van der Waals surface area (Å²) in [7, 11) is 0. The molecule has 0 spiro atoms. The molecule has 48 heavy (non-hydrogen) atoms. The van der Waals surface area contributed by atoms with Crippen LogP contribution in [0.4, 0.5) is 0 Å². The number of fused-ring (bicyclic) bond motifs is 3. The summed E-state index contributed by atoms with van der Waals surface area (Å²) >= 11 is -2.24. The number of aryl methyl sites for hydroxylation is 2. The first-order valence-corrected chi connectivity index (χ1v) is 23.0. The summed E-state index contributed by atoms with van der Waals surface area (Å²) < 4.78 is 88.5. The Morgan fingerprint density at radius 3 is 2.15 bits per heavy atom. The summed E-state index contributed by atoms with van der Waals surface area (Å²) in [4.78, 5) is 13.1. The van der Waals surface area contributed by atoms with Crippen molar-refractivity contribution in [2.75, 3.05) is 0 Å². The van der Waals surface area contributed by atoms with Crippen LogP contribution in [0.3, 0.4) is 0 Å². The topological polar surface area (TPSA) is 51.8 Å². The quantitative estimate of drug-likeness (QED) is 0.128. The molecule has 1 radical (unpaired) electrons. The number of aromatic nitrogens is 3. The number of hydrogen-bond donors (Lipinski definition) is 0. The van der Waals surface area contributed by atoms with Gasteiger partial charge in [0.2, 0.25) is 5.71 Å². The second-order valence-electron chi connectivity index (χ2n) is 14.8. The molecule has 0 saturated heterocycles. The van der Waals surface area contributed by atoms with Gasteiger partial charge in [-0.3, -0.25) is 0 Å². The molecule has 2 aromatic carbocycles. The van der Waals surface area contributed by atoms with Gasteiger partial charge >= 0.3 is 135 Å². The molecule has 0 atom stereocenters. The van der Waals surface area contributed by atoms with Gasteiger partial charge in [-0.1, -0.05) is 43.4 Å². The maximum Gasteiger partial charge on any atom is 0 e. The SMILES string of the molecule is [2H]C([2H])([2H])c1ccc2c(n1)oc1c(-c3cc(C([2H])([2H])C(C)(C)C)c(C([2H])([2H])[2H])cn3)[c-]ccc12.[2H]C([2H])(c1cc(-c2[c-]cccc2)nc[c]1[Ge]([CH3])([CH3])[CH3])C(C)(C)C.[Ir]. The van der Waals surface area contributed by atoms with E-state index in [1.54, 1.807) is 39.0 Å². The third-order valence-corrected chi connectivity index (χ3v) is 11.4. The molecule has 253 valence electrons. The third-order valence-electron chi connectivity index (χ3n) is 7.17. The molecule has 4 aromatic heterocycles. The van der Waals surface area contributed by atoms with Crippen LogP contribution in [0, 0.1) is 36.7 Å². The summed E-state index contributed by atoms with van der Waals surface area (Å²) in [6.07, 6.45) is -0.295. The van der Waals surface area contributed by atoms with Gasteiger partial charge in [0, 0.05) is 48.3 Å². The van der Waals surface area contributed by atoms with Crippen LogP contribution in [0.5, 0.6) is 0 Å². The average molecular weight is 887 g/mol. The first kappa shape index (κ1) is 25.8. The molecule has 0 aliphatic rings. The van der Waals surface area contributed by atoms with Crippen LogP contribution in [0.1, 0.15) is 77.6 Å². The Balaban J connectivity index is 0.000000272. The van der Waals surface area contributed by atoms with Gasteiger partial charge in [0.25, 0.3) is 0 Å². The number of nitrogens with zero attached hydrogens (tertiary/aromatic N) is 3. The van der Waals surface area contributed by atoms with Gasteiger partial charge in [-0.2, -0.15) is 0 Å². The molecule has 0 aliphatic heterocycles. The fraction of sp³-hybridized carbons (Fsp3) is 0.357. The van der Waals surface area contributed by atoms with Crippen LogP contribution in [-0.2, 0) is 32.9 Å². The Hall–Kier alpha value is -3.12. The number of furan rings is 1. The third kappa shape index (κ3) is 9.31. The fourth-order valence-corrected chi connectivity index (χ4v) is 8.10. The summed E-state index contributed by atoms with van der Waals surface area (Å²) in [5.74, 6) is 6.86. The predicted octanol–water partition coefficient (Wildman–Crippen LogP) is 10.7. The Kier molecular flexibility index (Phi) is 7.94. The zero-order chi connectivity index (χ0) is 42.7. The minimum absolute atomic E-state index is 0. The fourth-order valence-electron chi connectivity index (χ4n) is 5.17. The van der Waals surface area contributed by atoms with Gasteiger partial charge in [0.05, 0.1) is 5.58 Å². The zero-order valence-electron chi connectivity index (χ0n) is 39.0. The summed E-state index contributed by atoms with van der Waals surface area (Å²) in [5.41, 5.74) is 2.10. The van der Waals surface area contributed by atoms with E-state index in [1.807, 2.05) is 57.3 Å². The summed E-state index contributed by atoms with van der Waals surface area (Å²) in [5, 5.41) is 1.28. The second-order valence-corrected chi connectivity index (χ2v) is 25.3. The molecule has 0 aliphatic carbocycles. The van der Waals surface area contributed by atoms with E-state index in [9.17, 15) is 0 Å². The van der Waals surface area contributed by atoms with Crippen molar-refractivity contribution in [3.05, 3.63) is 108 Å². The van der Waals surface area contributed by atoms with Gasteiger partial charge in [0.15, 0.2) is 0 Å². The van der Waals surface area contributed by atoms with E-state index in [0.717, 1.165) is 21.2 Å². The standard InChI is InChI=1S/C23H23N2O.C19H26GeN.Ir/c1-14-13-24-20(11-16(14)12-23(3,4)5)19-8-6-7-17-18-10-9-15(2)25-22(18)26-21(17)19;1-19(2,3)13-16-12-18(15-10-8-7-9-11-15)21-14-17(16)20(4,5)6;/h6-7,9-11,13H,12H2,1-5H3;7-10,12,14H,13H2,1-6H3;/q2*-1;/i1D3,2D3,12D2;13D2;. The number of pyridine rings is 3. The zero-order valence-corrected chi connectivity index (χ0v) is 33.5. The maximum atomic E-state index is 8.76. The molecule has 4 heterocycles. The van der Waals surface area contributed by atoms with Crippen molar-refractivity contribution in [2.45, 2.75) is 85.3 Å². The number of rotatable bonds is 5. The van der Waals surface area contributed by atoms with E-state index in [4.69, 9.17) is 18.1 Å². The van der Waals surface area contributed by atoms with E-state index in [1.165, 1.54) is 18.3 Å². The first-order chi connectivity index (χ1) is 26.0. The smallest absolute Gasteiger partial charge is 0 e. The van der Waals surface area contributed by atoms with E-state index in [2.05, 4.69) is 44.4 Å². The first-order valence-electron chi connectivity index (χ1n) is 20.7. The van der Waals surface area contributed by atoms with Crippen molar-refractivity contribution in [3.8, 4) is 22.5 Å². The van der Waals surface area contributed by atoms with Crippen LogP contribution < -0.4 is 4.40 Å². The molecule has 6 aromatic rings. The molecule has 0 N–H and O–H groups in total. The predicted molar refractivity (Wildman–Crippen MR) is 201 cm³/mol. The van der Waals surface area contributed by atoms with Crippen molar-refractivity contribution in [3.63, 3.8) is 0 Å². The maximum absolute atomic E-state index is 8.76. The second kappa shape index (κ2) is 14.8. The number of hydrogen-bond acceptors (Lipinski definition) is 4. The normalized spacial score (nSPS) is 16.3.